The molecule has 1 aromatic rings. The van der Waals surface area contributed by atoms with E-state index in [1.807, 2.05) is 0 Å². The maximum atomic E-state index is 11.9. The summed E-state index contributed by atoms with van der Waals surface area (Å²) in [4.78, 5) is 21.9. The minimum absolute atomic E-state index is 0.00981. The molecule has 0 aliphatic rings. The van der Waals surface area contributed by atoms with Crippen molar-refractivity contribution < 1.29 is 9.72 Å². The summed E-state index contributed by atoms with van der Waals surface area (Å²) < 4.78 is 0. The topological polar surface area (TPSA) is 72.2 Å². The van der Waals surface area contributed by atoms with Crippen LogP contribution in [0.1, 0.15) is 49.4 Å². The summed E-state index contributed by atoms with van der Waals surface area (Å²) in [7, 11) is 0. The van der Waals surface area contributed by atoms with E-state index in [0.717, 1.165) is 13.0 Å². The number of unbranched alkanes of at least 4 members (excludes halogenated alkanes) is 3. The Morgan fingerprint density at radius 3 is 2.45 bits per heavy atom. The van der Waals surface area contributed by atoms with Gasteiger partial charge in [0.1, 0.15) is 0 Å². The number of nitrogens with zero attached hydrogens (tertiary/aromatic N) is 1. The first-order valence-corrected chi connectivity index (χ1v) is 7.13. The maximum absolute atomic E-state index is 11.9. The summed E-state index contributed by atoms with van der Waals surface area (Å²) in [5.41, 5.74) is 0.541. The quantitative estimate of drug-likeness (QED) is 0.308. The van der Waals surface area contributed by atoms with Crippen LogP contribution in [0.3, 0.4) is 0 Å². The Labute approximate surface area is 119 Å². The van der Waals surface area contributed by atoms with Gasteiger partial charge in [-0.05, 0) is 25.1 Å². The fourth-order valence-corrected chi connectivity index (χ4v) is 1.92. The molecule has 0 amide bonds. The number of benzene rings is 1. The van der Waals surface area contributed by atoms with Gasteiger partial charge in [0.25, 0.3) is 5.69 Å². The van der Waals surface area contributed by atoms with Gasteiger partial charge in [0.15, 0.2) is 5.78 Å². The second kappa shape index (κ2) is 9.20. The van der Waals surface area contributed by atoms with Crippen LogP contribution in [0.2, 0.25) is 0 Å². The van der Waals surface area contributed by atoms with E-state index in [1.54, 1.807) is 0 Å². The van der Waals surface area contributed by atoms with Gasteiger partial charge < -0.3 is 5.32 Å². The van der Waals surface area contributed by atoms with Gasteiger partial charge >= 0.3 is 0 Å². The van der Waals surface area contributed by atoms with Crippen LogP contribution >= 0.6 is 0 Å². The summed E-state index contributed by atoms with van der Waals surface area (Å²) in [6.45, 7) is 3.77. The first kappa shape index (κ1) is 16.3. The summed E-state index contributed by atoms with van der Waals surface area (Å²) in [5, 5.41) is 13.8. The average molecular weight is 278 g/mol. The minimum Gasteiger partial charge on any atom is -0.316 e. The maximum Gasteiger partial charge on any atom is 0.269 e. The third-order valence-corrected chi connectivity index (χ3v) is 3.14. The SMILES string of the molecule is CCCCCCNCCC(=O)c1ccc([N+](=O)[O-])cc1. The lowest BCUT2D eigenvalue weighted by Crippen LogP contribution is -2.19. The van der Waals surface area contributed by atoms with Crippen LogP contribution < -0.4 is 5.32 Å². The molecule has 1 N–H and O–H groups in total. The number of hydrogen-bond donors (Lipinski definition) is 1. The van der Waals surface area contributed by atoms with Crippen molar-refractivity contribution in [3.63, 3.8) is 0 Å². The lowest BCUT2D eigenvalue weighted by molar-refractivity contribution is -0.384. The van der Waals surface area contributed by atoms with Crippen molar-refractivity contribution in [1.82, 2.24) is 5.32 Å². The Balaban J connectivity index is 2.24. The van der Waals surface area contributed by atoms with Gasteiger partial charge in [-0.15, -0.1) is 0 Å². The van der Waals surface area contributed by atoms with Crippen molar-refractivity contribution in [2.75, 3.05) is 13.1 Å². The van der Waals surface area contributed by atoms with Gasteiger partial charge in [-0.3, -0.25) is 14.9 Å². The molecule has 0 aliphatic heterocycles. The molecule has 5 heteroatoms. The molecule has 20 heavy (non-hydrogen) atoms. The molecule has 0 aliphatic carbocycles. The molecule has 0 radical (unpaired) electrons. The Kier molecular flexibility index (Phi) is 7.50. The molecule has 0 aromatic heterocycles. The Bertz CT molecular complexity index is 429. The van der Waals surface area contributed by atoms with E-state index in [2.05, 4.69) is 12.2 Å². The number of nitro benzene ring substituents is 1. The highest BCUT2D eigenvalue weighted by molar-refractivity contribution is 5.96. The molecule has 0 unspecified atom stereocenters. The van der Waals surface area contributed by atoms with E-state index in [1.165, 1.54) is 43.5 Å². The van der Waals surface area contributed by atoms with Crippen molar-refractivity contribution in [2.24, 2.45) is 0 Å². The Morgan fingerprint density at radius 2 is 1.85 bits per heavy atom. The van der Waals surface area contributed by atoms with Gasteiger partial charge in [0, 0.05) is 30.7 Å². The summed E-state index contributed by atoms with van der Waals surface area (Å²) in [5.74, 6) is 0.0148. The molecule has 5 nitrogen and oxygen atoms in total. The van der Waals surface area contributed by atoms with Crippen LogP contribution in [-0.4, -0.2) is 23.8 Å². The second-order valence-corrected chi connectivity index (χ2v) is 4.79. The molecule has 110 valence electrons. The van der Waals surface area contributed by atoms with Crippen molar-refractivity contribution in [1.29, 1.82) is 0 Å². The first-order chi connectivity index (χ1) is 9.65. The second-order valence-electron chi connectivity index (χ2n) is 4.79. The molecular formula is C15H22N2O3. The Hall–Kier alpha value is -1.75. The summed E-state index contributed by atoms with van der Waals surface area (Å²) in [6.07, 6.45) is 5.26. The molecular weight excluding hydrogens is 256 g/mol. The zero-order chi connectivity index (χ0) is 14.8. The smallest absolute Gasteiger partial charge is 0.269 e. The van der Waals surface area contributed by atoms with E-state index >= 15 is 0 Å². The predicted molar refractivity (Wildman–Crippen MR) is 79.1 cm³/mol. The summed E-state index contributed by atoms with van der Waals surface area (Å²) in [6, 6.07) is 5.76. The van der Waals surface area contributed by atoms with Crippen LogP contribution in [0.25, 0.3) is 0 Å². The number of carbonyl (C=O) groups excluding carboxylic acids is 1. The van der Waals surface area contributed by atoms with Crippen LogP contribution in [0.5, 0.6) is 0 Å². The zero-order valence-electron chi connectivity index (χ0n) is 11.9. The highest BCUT2D eigenvalue weighted by Crippen LogP contribution is 2.13. The number of rotatable bonds is 10. The number of nitro groups is 1. The highest BCUT2D eigenvalue weighted by atomic mass is 16.6. The monoisotopic (exact) mass is 278 g/mol. The number of carbonyl (C=O) groups is 1. The zero-order valence-corrected chi connectivity index (χ0v) is 11.9. The standard InChI is InChI=1S/C15H22N2O3/c1-2-3-4-5-11-16-12-10-15(18)13-6-8-14(9-7-13)17(19)20/h6-9,16H,2-5,10-12H2,1H3. The lowest BCUT2D eigenvalue weighted by Gasteiger charge is -2.04. The third kappa shape index (κ3) is 5.93. The molecule has 0 bridgehead atoms. The van der Waals surface area contributed by atoms with E-state index in [9.17, 15) is 14.9 Å². The molecule has 0 heterocycles. The highest BCUT2D eigenvalue weighted by Gasteiger charge is 2.08. The molecule has 0 fully saturated rings. The third-order valence-electron chi connectivity index (χ3n) is 3.14. The van der Waals surface area contributed by atoms with E-state index in [4.69, 9.17) is 0 Å². The largest absolute Gasteiger partial charge is 0.316 e. The molecule has 1 rings (SSSR count). The van der Waals surface area contributed by atoms with Crippen LogP contribution in [-0.2, 0) is 0 Å². The van der Waals surface area contributed by atoms with Crippen LogP contribution in [0.4, 0.5) is 5.69 Å². The van der Waals surface area contributed by atoms with Gasteiger partial charge in [-0.1, -0.05) is 26.2 Å². The normalized spacial score (nSPS) is 10.4. The van der Waals surface area contributed by atoms with Crippen LogP contribution in [0, 0.1) is 10.1 Å². The molecule has 0 saturated carbocycles. The van der Waals surface area contributed by atoms with Gasteiger partial charge in [0.2, 0.25) is 0 Å². The molecule has 1 aromatic carbocycles. The predicted octanol–water partition coefficient (Wildman–Crippen LogP) is 3.34. The average Bonchev–Trinajstić information content (AvgIpc) is 2.46. The Morgan fingerprint density at radius 1 is 1.15 bits per heavy atom. The van der Waals surface area contributed by atoms with Gasteiger partial charge in [-0.25, -0.2) is 0 Å². The number of ketones is 1. The van der Waals surface area contributed by atoms with Gasteiger partial charge in [0.05, 0.1) is 4.92 Å². The summed E-state index contributed by atoms with van der Waals surface area (Å²) >= 11 is 0. The molecule has 0 atom stereocenters. The van der Waals surface area contributed by atoms with Crippen molar-refractivity contribution in [2.45, 2.75) is 39.0 Å². The van der Waals surface area contributed by atoms with E-state index in [-0.39, 0.29) is 11.5 Å². The first-order valence-electron chi connectivity index (χ1n) is 7.13. The number of nitrogens with one attached hydrogen (secondary N) is 1. The fourth-order valence-electron chi connectivity index (χ4n) is 1.92. The van der Waals surface area contributed by atoms with Crippen molar-refractivity contribution >= 4 is 11.5 Å². The minimum atomic E-state index is -0.466. The lowest BCUT2D eigenvalue weighted by atomic mass is 10.1. The van der Waals surface area contributed by atoms with Crippen LogP contribution in [0.15, 0.2) is 24.3 Å². The van der Waals surface area contributed by atoms with Crippen molar-refractivity contribution in [3.8, 4) is 0 Å². The van der Waals surface area contributed by atoms with Crippen molar-refractivity contribution in [3.05, 3.63) is 39.9 Å². The van der Waals surface area contributed by atoms with E-state index < -0.39 is 4.92 Å². The number of Topliss-reactive ketones (excluding diaryl/α,β-unsaturated/α-hetero) is 1. The fraction of sp³-hybridized carbons (Fsp3) is 0.533. The van der Waals surface area contributed by atoms with Gasteiger partial charge in [-0.2, -0.15) is 0 Å². The molecule has 0 saturated heterocycles. The number of non-ortho nitro benzene ring substituents is 1. The molecule has 0 spiro atoms. The number of hydrogen-bond acceptors (Lipinski definition) is 4. The van der Waals surface area contributed by atoms with E-state index in [0.29, 0.717) is 18.5 Å².